The third kappa shape index (κ3) is 4.43. The molecule has 0 aliphatic heterocycles. The molecule has 2 N–H and O–H groups in total. The van der Waals surface area contributed by atoms with Gasteiger partial charge in [-0.05, 0) is 30.7 Å². The molecule has 102 valence electrons. The minimum Gasteiger partial charge on any atom is -0.489 e. The first-order valence-electron chi connectivity index (χ1n) is 5.86. The second-order valence-electron chi connectivity index (χ2n) is 4.23. The molecule has 2 rings (SSSR count). The van der Waals surface area contributed by atoms with Crippen molar-refractivity contribution in [1.82, 2.24) is 0 Å². The predicted molar refractivity (Wildman–Crippen MR) is 82.1 cm³/mol. The highest BCUT2D eigenvalue weighted by atomic mass is 35.5. The standard InChI is InChI=1S/C15H16ClNO.ClH/c1-11-3-2-4-12(7-11)10-18-15-6-5-14(16)8-13(15)9-17;/h2-8H,9-10,17H2,1H3;1H. The molecule has 19 heavy (non-hydrogen) atoms. The highest BCUT2D eigenvalue weighted by Crippen LogP contribution is 2.23. The van der Waals surface area contributed by atoms with Crippen molar-refractivity contribution in [3.8, 4) is 5.75 Å². The van der Waals surface area contributed by atoms with E-state index in [0.717, 1.165) is 16.9 Å². The third-order valence-corrected chi connectivity index (χ3v) is 2.95. The van der Waals surface area contributed by atoms with E-state index in [9.17, 15) is 0 Å². The lowest BCUT2D eigenvalue weighted by Gasteiger charge is -2.11. The Balaban J connectivity index is 0.00000180. The van der Waals surface area contributed by atoms with E-state index in [0.29, 0.717) is 18.2 Å². The Hall–Kier alpha value is -1.22. The van der Waals surface area contributed by atoms with Gasteiger partial charge in [0.25, 0.3) is 0 Å². The topological polar surface area (TPSA) is 35.2 Å². The minimum atomic E-state index is 0. The summed E-state index contributed by atoms with van der Waals surface area (Å²) in [6, 6.07) is 13.8. The van der Waals surface area contributed by atoms with Crippen LogP contribution in [0.3, 0.4) is 0 Å². The number of hydrogen-bond donors (Lipinski definition) is 1. The number of nitrogens with two attached hydrogens (primary N) is 1. The zero-order valence-electron chi connectivity index (χ0n) is 10.7. The summed E-state index contributed by atoms with van der Waals surface area (Å²) < 4.78 is 5.79. The smallest absolute Gasteiger partial charge is 0.124 e. The number of aryl methyl sites for hydroxylation is 1. The van der Waals surface area contributed by atoms with Crippen LogP contribution in [0.1, 0.15) is 16.7 Å². The molecule has 0 aromatic heterocycles. The molecule has 2 aromatic rings. The Morgan fingerprint density at radius 1 is 1.16 bits per heavy atom. The van der Waals surface area contributed by atoms with Crippen LogP contribution >= 0.6 is 24.0 Å². The van der Waals surface area contributed by atoms with Crippen molar-refractivity contribution >= 4 is 24.0 Å². The van der Waals surface area contributed by atoms with Gasteiger partial charge in [-0.2, -0.15) is 0 Å². The number of rotatable bonds is 4. The van der Waals surface area contributed by atoms with Crippen LogP contribution in [0.25, 0.3) is 0 Å². The second-order valence-corrected chi connectivity index (χ2v) is 4.67. The number of benzene rings is 2. The van der Waals surface area contributed by atoms with Crippen molar-refractivity contribution in [2.45, 2.75) is 20.1 Å². The molecule has 0 saturated heterocycles. The molecule has 0 aliphatic rings. The molecule has 0 unspecified atom stereocenters. The van der Waals surface area contributed by atoms with Crippen LogP contribution in [0, 0.1) is 6.92 Å². The maximum Gasteiger partial charge on any atom is 0.124 e. The molecule has 0 saturated carbocycles. The van der Waals surface area contributed by atoms with Crippen molar-refractivity contribution in [2.24, 2.45) is 5.73 Å². The Morgan fingerprint density at radius 3 is 2.63 bits per heavy atom. The van der Waals surface area contributed by atoms with E-state index in [2.05, 4.69) is 19.1 Å². The zero-order chi connectivity index (χ0) is 13.0. The summed E-state index contributed by atoms with van der Waals surface area (Å²) in [6.45, 7) is 3.02. The zero-order valence-corrected chi connectivity index (χ0v) is 12.3. The highest BCUT2D eigenvalue weighted by Gasteiger charge is 2.03. The number of hydrogen-bond acceptors (Lipinski definition) is 2. The largest absolute Gasteiger partial charge is 0.489 e. The maximum absolute atomic E-state index is 5.92. The fraction of sp³-hybridized carbons (Fsp3) is 0.200. The Labute approximate surface area is 124 Å². The van der Waals surface area contributed by atoms with E-state index < -0.39 is 0 Å². The normalized spacial score (nSPS) is 9.84. The second kappa shape index (κ2) is 7.39. The molecule has 2 nitrogen and oxygen atoms in total. The lowest BCUT2D eigenvalue weighted by Crippen LogP contribution is -2.02. The lowest BCUT2D eigenvalue weighted by atomic mass is 10.1. The van der Waals surface area contributed by atoms with Gasteiger partial charge in [-0.25, -0.2) is 0 Å². The molecule has 0 heterocycles. The van der Waals surface area contributed by atoms with Gasteiger partial charge in [0, 0.05) is 17.1 Å². The summed E-state index contributed by atoms with van der Waals surface area (Å²) in [6.07, 6.45) is 0. The van der Waals surface area contributed by atoms with Crippen molar-refractivity contribution in [3.63, 3.8) is 0 Å². The van der Waals surface area contributed by atoms with E-state index >= 15 is 0 Å². The van der Waals surface area contributed by atoms with Crippen LogP contribution in [0.4, 0.5) is 0 Å². The first kappa shape index (κ1) is 15.8. The minimum absolute atomic E-state index is 0. The van der Waals surface area contributed by atoms with E-state index in [4.69, 9.17) is 22.1 Å². The monoisotopic (exact) mass is 297 g/mol. The molecule has 4 heteroatoms. The van der Waals surface area contributed by atoms with Crippen molar-refractivity contribution in [2.75, 3.05) is 0 Å². The highest BCUT2D eigenvalue weighted by molar-refractivity contribution is 6.30. The van der Waals surface area contributed by atoms with Gasteiger partial charge in [0.2, 0.25) is 0 Å². The molecule has 0 aliphatic carbocycles. The van der Waals surface area contributed by atoms with Gasteiger partial charge in [-0.1, -0.05) is 41.4 Å². The predicted octanol–water partition coefficient (Wildman–Crippen LogP) is 4.11. The summed E-state index contributed by atoms with van der Waals surface area (Å²) in [5.41, 5.74) is 8.97. The van der Waals surface area contributed by atoms with E-state index in [-0.39, 0.29) is 12.4 Å². The van der Waals surface area contributed by atoms with E-state index in [1.54, 1.807) is 0 Å². The van der Waals surface area contributed by atoms with Crippen molar-refractivity contribution in [1.29, 1.82) is 0 Å². The molecule has 2 aromatic carbocycles. The first-order valence-corrected chi connectivity index (χ1v) is 6.23. The molecule has 0 amide bonds. The van der Waals surface area contributed by atoms with Crippen LogP contribution in [0.2, 0.25) is 5.02 Å². The van der Waals surface area contributed by atoms with Gasteiger partial charge < -0.3 is 10.5 Å². The van der Waals surface area contributed by atoms with Gasteiger partial charge in [-0.3, -0.25) is 0 Å². The number of halogens is 2. The molecule has 0 spiro atoms. The fourth-order valence-corrected chi connectivity index (χ4v) is 2.01. The van der Waals surface area contributed by atoms with Crippen LogP contribution in [-0.4, -0.2) is 0 Å². The third-order valence-electron chi connectivity index (χ3n) is 2.72. The average molecular weight is 298 g/mol. The summed E-state index contributed by atoms with van der Waals surface area (Å²) in [4.78, 5) is 0. The van der Waals surface area contributed by atoms with Gasteiger partial charge in [0.15, 0.2) is 0 Å². The summed E-state index contributed by atoms with van der Waals surface area (Å²) >= 11 is 5.92. The van der Waals surface area contributed by atoms with Crippen LogP contribution in [0.5, 0.6) is 5.75 Å². The van der Waals surface area contributed by atoms with Gasteiger partial charge in [0.1, 0.15) is 12.4 Å². The molecular formula is C15H17Cl2NO. The summed E-state index contributed by atoms with van der Waals surface area (Å²) in [7, 11) is 0. The maximum atomic E-state index is 5.92. The average Bonchev–Trinajstić information content (AvgIpc) is 2.37. The van der Waals surface area contributed by atoms with Crippen LogP contribution in [-0.2, 0) is 13.2 Å². The quantitative estimate of drug-likeness (QED) is 0.922. The molecule has 0 radical (unpaired) electrons. The Morgan fingerprint density at radius 2 is 1.95 bits per heavy atom. The van der Waals surface area contributed by atoms with Crippen molar-refractivity contribution in [3.05, 3.63) is 64.2 Å². The molecule has 0 fully saturated rings. The first-order chi connectivity index (χ1) is 8.69. The fourth-order valence-electron chi connectivity index (χ4n) is 1.81. The Bertz CT molecular complexity index is 543. The van der Waals surface area contributed by atoms with Gasteiger partial charge >= 0.3 is 0 Å². The molecule has 0 atom stereocenters. The van der Waals surface area contributed by atoms with Crippen LogP contribution < -0.4 is 10.5 Å². The van der Waals surface area contributed by atoms with Crippen molar-refractivity contribution < 1.29 is 4.74 Å². The lowest BCUT2D eigenvalue weighted by molar-refractivity contribution is 0.303. The van der Waals surface area contributed by atoms with Crippen LogP contribution in [0.15, 0.2) is 42.5 Å². The number of ether oxygens (including phenoxy) is 1. The molecular weight excluding hydrogens is 281 g/mol. The SMILES string of the molecule is Cc1cccc(COc2ccc(Cl)cc2CN)c1.Cl. The van der Waals surface area contributed by atoms with E-state index in [1.807, 2.05) is 30.3 Å². The summed E-state index contributed by atoms with van der Waals surface area (Å²) in [5.74, 6) is 0.795. The Kier molecular flexibility index (Phi) is 6.16. The molecule has 0 bridgehead atoms. The van der Waals surface area contributed by atoms with E-state index in [1.165, 1.54) is 5.56 Å². The van der Waals surface area contributed by atoms with Gasteiger partial charge in [-0.15, -0.1) is 12.4 Å². The van der Waals surface area contributed by atoms with Gasteiger partial charge in [0.05, 0.1) is 0 Å². The summed E-state index contributed by atoms with van der Waals surface area (Å²) in [5, 5.41) is 0.679.